The van der Waals surface area contributed by atoms with E-state index in [4.69, 9.17) is 5.73 Å². The van der Waals surface area contributed by atoms with Crippen molar-refractivity contribution in [3.63, 3.8) is 0 Å². The zero-order valence-electron chi connectivity index (χ0n) is 7.87. The number of aromatic nitrogens is 2. The largest absolute Gasteiger partial charge is 0.330 e. The van der Waals surface area contributed by atoms with Gasteiger partial charge in [0.2, 0.25) is 0 Å². The third-order valence-electron chi connectivity index (χ3n) is 2.27. The predicted octanol–water partition coefficient (Wildman–Crippen LogP) is 1.51. The van der Waals surface area contributed by atoms with Gasteiger partial charge < -0.3 is 5.73 Å². The van der Waals surface area contributed by atoms with Crippen molar-refractivity contribution >= 4 is 16.2 Å². The zero-order chi connectivity index (χ0) is 9.42. The fourth-order valence-corrected chi connectivity index (χ4v) is 2.49. The molecule has 0 aliphatic heterocycles. The van der Waals surface area contributed by atoms with E-state index in [-0.39, 0.29) is 0 Å². The minimum Gasteiger partial charge on any atom is -0.330 e. The third-order valence-corrected chi connectivity index (χ3v) is 3.37. The lowest BCUT2D eigenvalue weighted by atomic mass is 10.4. The number of nitrogens with two attached hydrogens (primary N) is 1. The number of aryl methyl sites for hydroxylation is 2. The topological polar surface area (TPSA) is 43.3 Å². The molecule has 0 aromatic carbocycles. The van der Waals surface area contributed by atoms with Crippen molar-refractivity contribution in [1.29, 1.82) is 0 Å². The normalized spacial score (nSPS) is 11.3. The summed E-state index contributed by atoms with van der Waals surface area (Å²) in [7, 11) is 0. The van der Waals surface area contributed by atoms with Gasteiger partial charge in [0.05, 0.1) is 6.20 Å². The first-order chi connectivity index (χ1) is 6.24. The fraction of sp³-hybridized carbons (Fsp3) is 0.444. The van der Waals surface area contributed by atoms with Gasteiger partial charge in [0.1, 0.15) is 10.7 Å². The SMILES string of the molecule is Cc1sc2cnc(CCN)n2c1C. The smallest absolute Gasteiger partial charge is 0.120 e. The molecule has 0 fully saturated rings. The van der Waals surface area contributed by atoms with Crippen LogP contribution in [0, 0.1) is 13.8 Å². The summed E-state index contributed by atoms with van der Waals surface area (Å²) < 4.78 is 2.20. The Hall–Kier alpha value is -0.870. The van der Waals surface area contributed by atoms with E-state index in [1.807, 2.05) is 6.20 Å². The van der Waals surface area contributed by atoms with Crippen LogP contribution in [0.5, 0.6) is 0 Å². The highest BCUT2D eigenvalue weighted by molar-refractivity contribution is 7.17. The molecule has 0 aliphatic carbocycles. The molecule has 0 amide bonds. The molecule has 0 unspecified atom stereocenters. The Labute approximate surface area is 81.2 Å². The summed E-state index contributed by atoms with van der Waals surface area (Å²) in [6.45, 7) is 4.92. The Morgan fingerprint density at radius 2 is 2.31 bits per heavy atom. The first-order valence-corrected chi connectivity index (χ1v) is 5.18. The Morgan fingerprint density at radius 1 is 1.54 bits per heavy atom. The maximum absolute atomic E-state index is 5.52. The fourth-order valence-electron chi connectivity index (χ4n) is 1.50. The van der Waals surface area contributed by atoms with Crippen molar-refractivity contribution in [2.75, 3.05) is 6.54 Å². The molecule has 2 rings (SSSR count). The Morgan fingerprint density at radius 3 is 3.00 bits per heavy atom. The quantitative estimate of drug-likeness (QED) is 0.789. The molecule has 0 atom stereocenters. The van der Waals surface area contributed by atoms with E-state index in [0.29, 0.717) is 6.54 Å². The van der Waals surface area contributed by atoms with Crippen LogP contribution >= 0.6 is 11.3 Å². The molecule has 2 aromatic rings. The lowest BCUT2D eigenvalue weighted by molar-refractivity contribution is 0.852. The van der Waals surface area contributed by atoms with Crippen molar-refractivity contribution in [3.05, 3.63) is 22.6 Å². The maximum atomic E-state index is 5.52. The minimum atomic E-state index is 0.660. The van der Waals surface area contributed by atoms with Crippen molar-refractivity contribution in [3.8, 4) is 0 Å². The lowest BCUT2D eigenvalue weighted by Crippen LogP contribution is -2.06. The minimum absolute atomic E-state index is 0.660. The third kappa shape index (κ3) is 1.26. The molecule has 0 saturated heterocycles. The number of hydrogen-bond donors (Lipinski definition) is 1. The second-order valence-corrected chi connectivity index (χ2v) is 4.37. The molecule has 0 aliphatic rings. The molecule has 0 saturated carbocycles. The predicted molar refractivity (Wildman–Crippen MR) is 55.3 cm³/mol. The summed E-state index contributed by atoms with van der Waals surface area (Å²) in [6.07, 6.45) is 2.78. The average Bonchev–Trinajstić information content (AvgIpc) is 2.58. The second kappa shape index (κ2) is 3.12. The highest BCUT2D eigenvalue weighted by Gasteiger charge is 2.09. The van der Waals surface area contributed by atoms with Crippen LogP contribution in [-0.4, -0.2) is 15.9 Å². The first kappa shape index (κ1) is 8.72. The Balaban J connectivity index is 2.63. The summed E-state index contributed by atoms with van der Waals surface area (Å²) in [5.41, 5.74) is 6.81. The number of thiazole rings is 1. The molecule has 4 heteroatoms. The monoisotopic (exact) mass is 195 g/mol. The number of rotatable bonds is 2. The van der Waals surface area contributed by atoms with Gasteiger partial charge >= 0.3 is 0 Å². The summed E-state index contributed by atoms with van der Waals surface area (Å²) in [5.74, 6) is 1.08. The van der Waals surface area contributed by atoms with Crippen LogP contribution in [0.25, 0.3) is 4.83 Å². The standard InChI is InChI=1S/C9H13N3S/c1-6-7(2)13-9-5-11-8(3-4-10)12(6)9/h5H,3-4,10H2,1-2H3. The summed E-state index contributed by atoms with van der Waals surface area (Å²) in [6, 6.07) is 0. The van der Waals surface area contributed by atoms with Gasteiger partial charge in [-0.15, -0.1) is 11.3 Å². The van der Waals surface area contributed by atoms with Gasteiger partial charge in [0, 0.05) is 17.0 Å². The van der Waals surface area contributed by atoms with Crippen LogP contribution in [0.1, 0.15) is 16.4 Å². The van der Waals surface area contributed by atoms with Gasteiger partial charge in [-0.3, -0.25) is 4.40 Å². The molecule has 3 nitrogen and oxygen atoms in total. The van der Waals surface area contributed by atoms with Crippen LogP contribution < -0.4 is 5.73 Å². The van der Waals surface area contributed by atoms with Gasteiger partial charge in [-0.2, -0.15) is 0 Å². The number of nitrogens with zero attached hydrogens (tertiary/aromatic N) is 2. The zero-order valence-corrected chi connectivity index (χ0v) is 8.69. The molecular formula is C9H13N3S. The summed E-state index contributed by atoms with van der Waals surface area (Å²) in [4.78, 5) is 6.92. The van der Waals surface area contributed by atoms with Gasteiger partial charge in [-0.25, -0.2) is 4.98 Å². The second-order valence-electron chi connectivity index (χ2n) is 3.13. The number of hydrogen-bond acceptors (Lipinski definition) is 3. The molecule has 0 radical (unpaired) electrons. The van der Waals surface area contributed by atoms with E-state index >= 15 is 0 Å². The summed E-state index contributed by atoms with van der Waals surface area (Å²) >= 11 is 1.79. The van der Waals surface area contributed by atoms with E-state index in [1.165, 1.54) is 15.4 Å². The van der Waals surface area contributed by atoms with Crippen molar-refractivity contribution in [2.45, 2.75) is 20.3 Å². The average molecular weight is 195 g/mol. The van der Waals surface area contributed by atoms with Crippen LogP contribution in [0.4, 0.5) is 0 Å². The first-order valence-electron chi connectivity index (χ1n) is 4.36. The van der Waals surface area contributed by atoms with Crippen LogP contribution in [0.15, 0.2) is 6.20 Å². The molecule has 70 valence electrons. The van der Waals surface area contributed by atoms with Gasteiger partial charge in [-0.05, 0) is 20.4 Å². The van der Waals surface area contributed by atoms with Crippen LogP contribution in [0.3, 0.4) is 0 Å². The lowest BCUT2D eigenvalue weighted by Gasteiger charge is -1.97. The van der Waals surface area contributed by atoms with E-state index in [0.717, 1.165) is 12.2 Å². The number of fused-ring (bicyclic) bond motifs is 1. The molecule has 0 bridgehead atoms. The molecule has 2 heterocycles. The van der Waals surface area contributed by atoms with E-state index < -0.39 is 0 Å². The molecule has 2 N–H and O–H groups in total. The Kier molecular flexibility index (Phi) is 2.09. The highest BCUT2D eigenvalue weighted by Crippen LogP contribution is 2.23. The molecule has 13 heavy (non-hydrogen) atoms. The summed E-state index contributed by atoms with van der Waals surface area (Å²) in [5, 5.41) is 0. The van der Waals surface area contributed by atoms with Gasteiger partial charge in [-0.1, -0.05) is 0 Å². The van der Waals surface area contributed by atoms with Crippen molar-refractivity contribution < 1.29 is 0 Å². The van der Waals surface area contributed by atoms with Gasteiger partial charge in [0.25, 0.3) is 0 Å². The van der Waals surface area contributed by atoms with E-state index in [1.54, 1.807) is 11.3 Å². The molecular weight excluding hydrogens is 182 g/mol. The van der Waals surface area contributed by atoms with Crippen molar-refractivity contribution in [2.24, 2.45) is 5.73 Å². The Bertz CT molecular complexity index is 427. The number of imidazole rings is 1. The molecule has 0 spiro atoms. The molecule has 2 aromatic heterocycles. The van der Waals surface area contributed by atoms with Crippen LogP contribution in [0.2, 0.25) is 0 Å². The van der Waals surface area contributed by atoms with Crippen molar-refractivity contribution in [1.82, 2.24) is 9.38 Å². The van der Waals surface area contributed by atoms with Crippen LogP contribution in [-0.2, 0) is 6.42 Å². The van der Waals surface area contributed by atoms with E-state index in [2.05, 4.69) is 23.2 Å². The maximum Gasteiger partial charge on any atom is 0.120 e. The van der Waals surface area contributed by atoms with E-state index in [9.17, 15) is 0 Å². The highest BCUT2D eigenvalue weighted by atomic mass is 32.1. The van der Waals surface area contributed by atoms with Gasteiger partial charge in [0.15, 0.2) is 0 Å².